The molecule has 0 aliphatic rings. The highest BCUT2D eigenvalue weighted by atomic mass is 16.5. The minimum Gasteiger partial charge on any atom is -0.469 e. The van der Waals surface area contributed by atoms with Crippen LogP contribution in [0.5, 0.6) is 0 Å². The first kappa shape index (κ1) is 25.2. The molecule has 0 saturated heterocycles. The topological polar surface area (TPSA) is 79.6 Å². The number of esters is 2. The molecule has 0 aromatic heterocycles. The van der Waals surface area contributed by atoms with Crippen molar-refractivity contribution in [1.29, 1.82) is 5.26 Å². The smallest absolute Gasteiger partial charge is 0.305 e. The molecule has 2 atom stereocenters. The lowest BCUT2D eigenvalue weighted by Crippen LogP contribution is -2.23. The van der Waals surface area contributed by atoms with Crippen molar-refractivity contribution in [2.45, 2.75) is 91.1 Å². The Kier molecular flexibility index (Phi) is 15.3. The lowest BCUT2D eigenvalue weighted by atomic mass is 10.0. The molecule has 0 heterocycles. The highest BCUT2D eigenvalue weighted by Gasteiger charge is 2.13. The maximum absolute atomic E-state index is 11.2. The van der Waals surface area contributed by atoms with Crippen LogP contribution in [0.3, 0.4) is 0 Å². The molecule has 0 amide bonds. The number of methoxy groups -OCH3 is 1. The van der Waals surface area contributed by atoms with Gasteiger partial charge in [-0.15, -0.1) is 0 Å². The van der Waals surface area contributed by atoms with E-state index in [-0.39, 0.29) is 18.0 Å². The van der Waals surface area contributed by atoms with Crippen LogP contribution in [-0.2, 0) is 19.1 Å². The van der Waals surface area contributed by atoms with Crippen LogP contribution in [0.1, 0.15) is 85.0 Å². The van der Waals surface area contributed by atoms with Crippen molar-refractivity contribution in [1.82, 2.24) is 4.90 Å². The number of carbonyl (C=O) groups is 2. The molecule has 0 aliphatic heterocycles. The molecular formula is C21H38N2O4. The van der Waals surface area contributed by atoms with E-state index >= 15 is 0 Å². The molecule has 0 aliphatic carbocycles. The molecule has 0 fully saturated rings. The second-order valence-electron chi connectivity index (χ2n) is 7.34. The zero-order valence-corrected chi connectivity index (χ0v) is 17.7. The average molecular weight is 383 g/mol. The van der Waals surface area contributed by atoms with Gasteiger partial charge in [-0.2, -0.15) is 5.26 Å². The zero-order valence-electron chi connectivity index (χ0n) is 17.7. The molecule has 0 rings (SSSR count). The van der Waals surface area contributed by atoms with Crippen LogP contribution in [0.2, 0.25) is 0 Å². The predicted octanol–water partition coefficient (Wildman–Crippen LogP) is 4.43. The number of nitriles is 1. The van der Waals surface area contributed by atoms with Gasteiger partial charge in [0.05, 0.1) is 7.11 Å². The van der Waals surface area contributed by atoms with Crippen LogP contribution in [0.15, 0.2) is 0 Å². The fourth-order valence-electron chi connectivity index (χ4n) is 3.11. The lowest BCUT2D eigenvalue weighted by molar-refractivity contribution is -0.147. The van der Waals surface area contributed by atoms with E-state index in [9.17, 15) is 14.9 Å². The fraction of sp³-hybridized carbons (Fsp3) is 0.857. The van der Waals surface area contributed by atoms with Crippen LogP contribution in [0.4, 0.5) is 0 Å². The summed E-state index contributed by atoms with van der Waals surface area (Å²) < 4.78 is 10.1. The van der Waals surface area contributed by atoms with Crippen LogP contribution in [0.25, 0.3) is 0 Å². The highest BCUT2D eigenvalue weighted by Crippen LogP contribution is 2.15. The number of ether oxygens (including phenoxy) is 2. The van der Waals surface area contributed by atoms with Crippen LogP contribution in [0, 0.1) is 17.4 Å². The van der Waals surface area contributed by atoms with Gasteiger partial charge in [-0.3, -0.25) is 9.59 Å². The Morgan fingerprint density at radius 2 is 1.67 bits per heavy atom. The van der Waals surface area contributed by atoms with Crippen molar-refractivity contribution < 1.29 is 19.1 Å². The van der Waals surface area contributed by atoms with Crippen molar-refractivity contribution >= 4 is 11.9 Å². The van der Waals surface area contributed by atoms with Crippen LogP contribution >= 0.6 is 0 Å². The highest BCUT2D eigenvalue weighted by molar-refractivity contribution is 5.69. The summed E-state index contributed by atoms with van der Waals surface area (Å²) in [6.45, 7) is 7.08. The molecule has 0 spiro atoms. The molecule has 156 valence electrons. The first-order chi connectivity index (χ1) is 12.9. The maximum Gasteiger partial charge on any atom is 0.305 e. The number of hydrogen-bond acceptors (Lipinski definition) is 6. The number of carbonyl (C=O) groups excluding carboxylic acids is 2. The van der Waals surface area contributed by atoms with Gasteiger partial charge in [0.25, 0.3) is 0 Å². The second-order valence-corrected chi connectivity index (χ2v) is 7.34. The largest absolute Gasteiger partial charge is 0.469 e. The molecule has 6 nitrogen and oxygen atoms in total. The third-order valence-corrected chi connectivity index (χ3v) is 4.68. The monoisotopic (exact) mass is 382 g/mol. The van der Waals surface area contributed by atoms with Gasteiger partial charge in [-0.1, -0.05) is 39.5 Å². The van der Waals surface area contributed by atoms with E-state index in [1.165, 1.54) is 14.0 Å². The SMILES string of the molecule is CCCCCC(CCCN(C#N)CCCCC(C)CC(=O)OC)OC(C)=O. The lowest BCUT2D eigenvalue weighted by Gasteiger charge is -2.20. The Hall–Kier alpha value is -1.77. The summed E-state index contributed by atoms with van der Waals surface area (Å²) >= 11 is 0. The van der Waals surface area contributed by atoms with Gasteiger partial charge in [0.2, 0.25) is 0 Å². The number of rotatable bonds is 16. The van der Waals surface area contributed by atoms with E-state index < -0.39 is 0 Å². The summed E-state index contributed by atoms with van der Waals surface area (Å²) in [6, 6.07) is 0. The normalized spacial score (nSPS) is 12.7. The Morgan fingerprint density at radius 1 is 1.04 bits per heavy atom. The zero-order chi connectivity index (χ0) is 20.5. The van der Waals surface area contributed by atoms with Gasteiger partial charge in [0.1, 0.15) is 6.10 Å². The molecule has 0 bridgehead atoms. The minimum absolute atomic E-state index is 0.0336. The standard InChI is InChI=1S/C21H38N2O4/c1-5-6-7-12-20(27-19(3)24)13-10-15-23(17-22)14-9-8-11-18(2)16-21(25)26-4/h18,20H,5-16H2,1-4H3. The van der Waals surface area contributed by atoms with E-state index in [1.54, 1.807) is 4.90 Å². The van der Waals surface area contributed by atoms with Gasteiger partial charge in [0.15, 0.2) is 6.19 Å². The third kappa shape index (κ3) is 15.0. The van der Waals surface area contributed by atoms with Crippen molar-refractivity contribution in [2.24, 2.45) is 5.92 Å². The Labute approximate surface area is 165 Å². The fourth-order valence-corrected chi connectivity index (χ4v) is 3.11. The van der Waals surface area contributed by atoms with Gasteiger partial charge in [-0.05, 0) is 38.0 Å². The van der Waals surface area contributed by atoms with Gasteiger partial charge in [0, 0.05) is 26.4 Å². The summed E-state index contributed by atoms with van der Waals surface area (Å²) in [5.74, 6) is -0.0854. The third-order valence-electron chi connectivity index (χ3n) is 4.68. The van der Waals surface area contributed by atoms with E-state index in [0.717, 1.165) is 64.3 Å². The van der Waals surface area contributed by atoms with Gasteiger partial charge in [-0.25, -0.2) is 0 Å². The Balaban J connectivity index is 4.01. The van der Waals surface area contributed by atoms with E-state index in [1.807, 2.05) is 6.92 Å². The van der Waals surface area contributed by atoms with Crippen molar-refractivity contribution in [3.63, 3.8) is 0 Å². The van der Waals surface area contributed by atoms with E-state index in [0.29, 0.717) is 18.9 Å². The molecular weight excluding hydrogens is 344 g/mol. The summed E-state index contributed by atoms with van der Waals surface area (Å²) in [5, 5.41) is 9.30. The van der Waals surface area contributed by atoms with Crippen molar-refractivity contribution in [3.8, 4) is 6.19 Å². The summed E-state index contributed by atoms with van der Waals surface area (Å²) in [4.78, 5) is 24.2. The summed E-state index contributed by atoms with van der Waals surface area (Å²) in [7, 11) is 1.41. The minimum atomic E-state index is -0.227. The Morgan fingerprint density at radius 3 is 2.26 bits per heavy atom. The molecule has 2 unspecified atom stereocenters. The molecule has 0 aromatic carbocycles. The summed E-state index contributed by atoms with van der Waals surface area (Å²) in [5.41, 5.74) is 0. The number of hydrogen-bond donors (Lipinski definition) is 0. The quantitative estimate of drug-likeness (QED) is 0.170. The number of nitrogens with zero attached hydrogens (tertiary/aromatic N) is 2. The second kappa shape index (κ2) is 16.4. The predicted molar refractivity (Wildman–Crippen MR) is 106 cm³/mol. The molecule has 6 heteroatoms. The van der Waals surface area contributed by atoms with Crippen molar-refractivity contribution in [3.05, 3.63) is 0 Å². The Bertz CT molecular complexity index is 448. The van der Waals surface area contributed by atoms with Gasteiger partial charge < -0.3 is 14.4 Å². The van der Waals surface area contributed by atoms with E-state index in [4.69, 9.17) is 4.74 Å². The summed E-state index contributed by atoms with van der Waals surface area (Å²) in [6.07, 6.45) is 11.5. The number of unbranched alkanes of at least 4 members (excludes halogenated alkanes) is 3. The average Bonchev–Trinajstić information content (AvgIpc) is 2.62. The molecule has 27 heavy (non-hydrogen) atoms. The molecule has 0 aromatic rings. The molecule has 0 saturated carbocycles. The van der Waals surface area contributed by atoms with Crippen molar-refractivity contribution in [2.75, 3.05) is 20.2 Å². The first-order valence-corrected chi connectivity index (χ1v) is 10.3. The maximum atomic E-state index is 11.2. The van der Waals surface area contributed by atoms with E-state index in [2.05, 4.69) is 17.9 Å². The van der Waals surface area contributed by atoms with Crippen LogP contribution < -0.4 is 0 Å². The molecule has 0 N–H and O–H groups in total. The molecule has 0 radical (unpaired) electrons. The van der Waals surface area contributed by atoms with Crippen LogP contribution in [-0.4, -0.2) is 43.1 Å². The van der Waals surface area contributed by atoms with Gasteiger partial charge >= 0.3 is 11.9 Å². The first-order valence-electron chi connectivity index (χ1n) is 10.3.